The molecule has 140 valence electrons. The number of rotatable bonds is 7. The molecule has 0 saturated heterocycles. The third-order valence-electron chi connectivity index (χ3n) is 3.41. The van der Waals surface area contributed by atoms with E-state index in [-0.39, 0.29) is 6.54 Å². The Morgan fingerprint density at radius 1 is 1.31 bits per heavy atom. The molecular weight excluding hydrogens is 351 g/mol. The van der Waals surface area contributed by atoms with Crippen molar-refractivity contribution in [2.75, 3.05) is 6.61 Å². The van der Waals surface area contributed by atoms with Crippen molar-refractivity contribution in [2.45, 2.75) is 32.6 Å². The van der Waals surface area contributed by atoms with Crippen LogP contribution in [-0.4, -0.2) is 22.1 Å². The van der Waals surface area contributed by atoms with Crippen molar-refractivity contribution in [1.82, 2.24) is 14.9 Å². The largest absolute Gasteiger partial charge is 0.477 e. The van der Waals surface area contributed by atoms with Crippen LogP contribution < -0.4 is 15.6 Å². The Morgan fingerprint density at radius 3 is 2.77 bits per heavy atom. The molecular formula is C17H18F3N3O3. The molecule has 0 bridgehead atoms. The second kappa shape index (κ2) is 8.50. The summed E-state index contributed by atoms with van der Waals surface area (Å²) in [5.74, 6) is -0.220. The molecule has 0 fully saturated rings. The fraction of sp³-hybridized carbons (Fsp3) is 0.353. The van der Waals surface area contributed by atoms with Crippen LogP contribution >= 0.6 is 0 Å². The Bertz CT molecular complexity index is 819. The van der Waals surface area contributed by atoms with Crippen molar-refractivity contribution < 1.29 is 22.7 Å². The molecule has 1 N–H and O–H groups in total. The van der Waals surface area contributed by atoms with Gasteiger partial charge in [0.2, 0.25) is 11.8 Å². The lowest BCUT2D eigenvalue weighted by Crippen LogP contribution is -2.34. The molecule has 1 amide bonds. The van der Waals surface area contributed by atoms with E-state index in [0.29, 0.717) is 24.1 Å². The van der Waals surface area contributed by atoms with Gasteiger partial charge in [0.05, 0.1) is 6.61 Å². The Hall–Kier alpha value is -2.84. The minimum Gasteiger partial charge on any atom is -0.477 e. The van der Waals surface area contributed by atoms with Gasteiger partial charge < -0.3 is 14.6 Å². The van der Waals surface area contributed by atoms with Crippen LogP contribution in [-0.2, 0) is 24.1 Å². The predicted molar refractivity (Wildman–Crippen MR) is 87.6 cm³/mol. The second-order valence-electron chi connectivity index (χ2n) is 5.45. The van der Waals surface area contributed by atoms with Gasteiger partial charge in [-0.3, -0.25) is 9.59 Å². The van der Waals surface area contributed by atoms with Crippen LogP contribution in [0.4, 0.5) is 13.2 Å². The highest BCUT2D eigenvalue weighted by molar-refractivity contribution is 5.75. The number of alkyl halides is 3. The topological polar surface area (TPSA) is 73.2 Å². The zero-order valence-electron chi connectivity index (χ0n) is 14.0. The van der Waals surface area contributed by atoms with Crippen LogP contribution in [0.5, 0.6) is 5.88 Å². The van der Waals surface area contributed by atoms with Crippen molar-refractivity contribution >= 4 is 5.91 Å². The van der Waals surface area contributed by atoms with Crippen molar-refractivity contribution in [3.63, 3.8) is 0 Å². The van der Waals surface area contributed by atoms with Gasteiger partial charge in [-0.1, -0.05) is 13.0 Å². The maximum absolute atomic E-state index is 12.7. The SMILES string of the molecule is CCCOc1ncccc1CNC(=O)Cn1cccc(C(F)(F)F)c1=O. The molecule has 0 aromatic carbocycles. The summed E-state index contributed by atoms with van der Waals surface area (Å²) in [7, 11) is 0. The Labute approximate surface area is 147 Å². The van der Waals surface area contributed by atoms with Crippen molar-refractivity contribution in [3.8, 4) is 5.88 Å². The minimum atomic E-state index is -4.77. The molecule has 2 heterocycles. The number of amides is 1. The molecule has 0 radical (unpaired) electrons. The van der Waals surface area contributed by atoms with Gasteiger partial charge in [-0.05, 0) is 24.6 Å². The number of carbonyl (C=O) groups is 1. The van der Waals surface area contributed by atoms with Gasteiger partial charge in [-0.2, -0.15) is 13.2 Å². The van der Waals surface area contributed by atoms with E-state index in [1.54, 1.807) is 18.3 Å². The van der Waals surface area contributed by atoms with E-state index in [0.717, 1.165) is 23.3 Å². The van der Waals surface area contributed by atoms with Crippen LogP contribution in [0.3, 0.4) is 0 Å². The maximum atomic E-state index is 12.7. The monoisotopic (exact) mass is 369 g/mol. The van der Waals surface area contributed by atoms with Crippen LogP contribution in [0.2, 0.25) is 0 Å². The molecule has 0 aliphatic carbocycles. The molecule has 6 nitrogen and oxygen atoms in total. The minimum absolute atomic E-state index is 0.0828. The normalized spacial score (nSPS) is 11.2. The molecule has 0 aliphatic heterocycles. The summed E-state index contributed by atoms with van der Waals surface area (Å²) >= 11 is 0. The van der Waals surface area contributed by atoms with Crippen LogP contribution in [0.15, 0.2) is 41.5 Å². The van der Waals surface area contributed by atoms with E-state index < -0.39 is 29.8 Å². The maximum Gasteiger partial charge on any atom is 0.421 e. The van der Waals surface area contributed by atoms with Gasteiger partial charge >= 0.3 is 6.18 Å². The molecule has 2 aromatic rings. The lowest BCUT2D eigenvalue weighted by atomic mass is 10.2. The van der Waals surface area contributed by atoms with E-state index >= 15 is 0 Å². The van der Waals surface area contributed by atoms with Crippen LogP contribution in [0, 0.1) is 0 Å². The highest BCUT2D eigenvalue weighted by Crippen LogP contribution is 2.25. The first-order chi connectivity index (χ1) is 12.3. The zero-order chi connectivity index (χ0) is 19.2. The number of hydrogen-bond donors (Lipinski definition) is 1. The standard InChI is InChI=1S/C17H18F3N3O3/c1-2-9-26-15-12(5-3-7-21-15)10-22-14(24)11-23-8-4-6-13(16(23)25)17(18,19)20/h3-8H,2,9-11H2,1H3,(H,22,24). The van der Waals surface area contributed by atoms with Gasteiger partial charge in [0, 0.05) is 24.5 Å². The van der Waals surface area contributed by atoms with Crippen molar-refractivity contribution in [3.05, 3.63) is 58.1 Å². The van der Waals surface area contributed by atoms with E-state index in [1.807, 2.05) is 6.92 Å². The van der Waals surface area contributed by atoms with Crippen molar-refractivity contribution in [2.24, 2.45) is 0 Å². The fourth-order valence-electron chi connectivity index (χ4n) is 2.17. The molecule has 0 atom stereocenters. The Balaban J connectivity index is 2.04. The molecule has 2 rings (SSSR count). The first-order valence-electron chi connectivity index (χ1n) is 7.93. The number of nitrogens with one attached hydrogen (secondary N) is 1. The number of aromatic nitrogens is 2. The van der Waals surface area contributed by atoms with Crippen LogP contribution in [0.1, 0.15) is 24.5 Å². The molecule has 0 unspecified atom stereocenters. The van der Waals surface area contributed by atoms with Gasteiger partial charge in [0.15, 0.2) is 0 Å². The average molecular weight is 369 g/mol. The molecule has 26 heavy (non-hydrogen) atoms. The zero-order valence-corrected chi connectivity index (χ0v) is 14.0. The lowest BCUT2D eigenvalue weighted by molar-refractivity contribution is -0.139. The Kier molecular flexibility index (Phi) is 6.37. The second-order valence-corrected chi connectivity index (χ2v) is 5.45. The van der Waals surface area contributed by atoms with Crippen LogP contribution in [0.25, 0.3) is 0 Å². The first-order valence-corrected chi connectivity index (χ1v) is 7.93. The highest BCUT2D eigenvalue weighted by Gasteiger charge is 2.34. The predicted octanol–water partition coefficient (Wildman–Crippen LogP) is 2.37. The van der Waals surface area contributed by atoms with Gasteiger partial charge in [-0.15, -0.1) is 0 Å². The molecule has 2 aromatic heterocycles. The number of pyridine rings is 2. The van der Waals surface area contributed by atoms with Crippen molar-refractivity contribution in [1.29, 1.82) is 0 Å². The number of ether oxygens (including phenoxy) is 1. The summed E-state index contributed by atoms with van der Waals surface area (Å²) in [6, 6.07) is 5.16. The summed E-state index contributed by atoms with van der Waals surface area (Å²) in [6.07, 6.45) is -1.28. The molecule has 0 saturated carbocycles. The average Bonchev–Trinajstić information content (AvgIpc) is 2.59. The number of halogens is 3. The Morgan fingerprint density at radius 2 is 2.08 bits per heavy atom. The number of carbonyl (C=O) groups excluding carboxylic acids is 1. The smallest absolute Gasteiger partial charge is 0.421 e. The summed E-state index contributed by atoms with van der Waals surface area (Å²) < 4.78 is 44.4. The van der Waals surface area contributed by atoms with E-state index in [2.05, 4.69) is 10.3 Å². The molecule has 0 spiro atoms. The quantitative estimate of drug-likeness (QED) is 0.813. The van der Waals surface area contributed by atoms with E-state index in [9.17, 15) is 22.8 Å². The highest BCUT2D eigenvalue weighted by atomic mass is 19.4. The lowest BCUT2D eigenvalue weighted by Gasteiger charge is -2.12. The molecule has 9 heteroatoms. The first kappa shape index (κ1) is 19.5. The summed E-state index contributed by atoms with van der Waals surface area (Å²) in [5.41, 5.74) is -1.94. The number of nitrogens with zero attached hydrogens (tertiary/aromatic N) is 2. The van der Waals surface area contributed by atoms with Gasteiger partial charge in [0.25, 0.3) is 5.56 Å². The summed E-state index contributed by atoms with van der Waals surface area (Å²) in [4.78, 5) is 27.9. The summed E-state index contributed by atoms with van der Waals surface area (Å²) in [5, 5.41) is 2.55. The third kappa shape index (κ3) is 5.08. The van der Waals surface area contributed by atoms with E-state index in [4.69, 9.17) is 4.74 Å². The fourth-order valence-corrected chi connectivity index (χ4v) is 2.17. The number of hydrogen-bond acceptors (Lipinski definition) is 4. The van der Waals surface area contributed by atoms with Gasteiger partial charge in [-0.25, -0.2) is 4.98 Å². The summed E-state index contributed by atoms with van der Waals surface area (Å²) in [6.45, 7) is 1.97. The third-order valence-corrected chi connectivity index (χ3v) is 3.41. The van der Waals surface area contributed by atoms with E-state index in [1.165, 1.54) is 0 Å². The molecule has 0 aliphatic rings. The van der Waals surface area contributed by atoms with Gasteiger partial charge in [0.1, 0.15) is 12.1 Å².